The van der Waals surface area contributed by atoms with Crippen molar-refractivity contribution in [2.24, 2.45) is 0 Å². The molecule has 1 aliphatic heterocycles. The molecule has 1 aromatic heterocycles. The van der Waals surface area contributed by atoms with Gasteiger partial charge in [0.1, 0.15) is 0 Å². The van der Waals surface area contributed by atoms with Crippen molar-refractivity contribution in [2.75, 3.05) is 39.8 Å². The Kier molecular flexibility index (Phi) is 6.18. The predicted molar refractivity (Wildman–Crippen MR) is 119 cm³/mol. The van der Waals surface area contributed by atoms with Crippen LogP contribution >= 0.6 is 0 Å². The maximum absolute atomic E-state index is 11.6. The Morgan fingerprint density at radius 1 is 1.00 bits per heavy atom. The van der Waals surface area contributed by atoms with E-state index in [9.17, 15) is 4.79 Å². The minimum absolute atomic E-state index is 0.451. The molecule has 30 heavy (non-hydrogen) atoms. The normalized spacial score (nSPS) is 15.6. The topological polar surface area (TPSA) is 60.7 Å². The number of hydroxylamine groups is 1. The second kappa shape index (κ2) is 9.00. The summed E-state index contributed by atoms with van der Waals surface area (Å²) in [6.45, 7) is 8.82. The summed E-state index contributed by atoms with van der Waals surface area (Å²) < 4.78 is 2.45. The molecule has 3 aromatic rings. The number of piperazine rings is 1. The summed E-state index contributed by atoms with van der Waals surface area (Å²) in [5.41, 5.74) is 7.21. The first-order valence-electron chi connectivity index (χ1n) is 10.6. The number of rotatable bonds is 6. The number of hydrogen-bond acceptors (Lipinski definition) is 4. The van der Waals surface area contributed by atoms with Crippen LogP contribution in [0, 0.1) is 6.92 Å². The molecule has 0 aliphatic carbocycles. The summed E-state index contributed by atoms with van der Waals surface area (Å²) in [7, 11) is 2.19. The lowest BCUT2D eigenvalue weighted by Crippen LogP contribution is -2.45. The van der Waals surface area contributed by atoms with Crippen molar-refractivity contribution < 1.29 is 10.0 Å². The average Bonchev–Trinajstić information content (AvgIpc) is 3.04. The van der Waals surface area contributed by atoms with Gasteiger partial charge in [0.25, 0.3) is 5.91 Å². The number of likely N-dealkylation sites (N-methyl/N-ethyl adjacent to an activating group) is 1. The number of amides is 1. The van der Waals surface area contributed by atoms with Gasteiger partial charge in [0.2, 0.25) is 0 Å². The van der Waals surface area contributed by atoms with E-state index in [4.69, 9.17) is 5.21 Å². The summed E-state index contributed by atoms with van der Waals surface area (Å²) in [5, 5.41) is 10.1. The molecule has 2 aromatic carbocycles. The number of aromatic nitrogens is 1. The molecule has 1 saturated heterocycles. The summed E-state index contributed by atoms with van der Waals surface area (Å²) in [5.74, 6) is -0.488. The lowest BCUT2D eigenvalue weighted by atomic mass is 10.0. The zero-order valence-corrected chi connectivity index (χ0v) is 17.8. The molecule has 4 rings (SSSR count). The van der Waals surface area contributed by atoms with Gasteiger partial charge < -0.3 is 9.47 Å². The average molecular weight is 407 g/mol. The largest absolute Gasteiger partial charge is 0.343 e. The van der Waals surface area contributed by atoms with Gasteiger partial charge >= 0.3 is 0 Å². The number of benzene rings is 2. The van der Waals surface area contributed by atoms with E-state index in [1.54, 1.807) is 17.6 Å². The van der Waals surface area contributed by atoms with E-state index in [-0.39, 0.29) is 0 Å². The van der Waals surface area contributed by atoms with E-state index in [2.05, 4.69) is 52.6 Å². The first kappa shape index (κ1) is 20.6. The molecule has 0 radical (unpaired) electrons. The number of carbonyl (C=O) groups excluding carboxylic acids is 1. The number of carbonyl (C=O) groups is 1. The molecule has 6 nitrogen and oxygen atoms in total. The third-order valence-electron chi connectivity index (χ3n) is 6.30. The highest BCUT2D eigenvalue weighted by Gasteiger charge is 2.17. The van der Waals surface area contributed by atoms with E-state index in [1.165, 1.54) is 22.2 Å². The van der Waals surface area contributed by atoms with E-state index >= 15 is 0 Å². The van der Waals surface area contributed by atoms with Gasteiger partial charge in [-0.25, -0.2) is 5.48 Å². The van der Waals surface area contributed by atoms with Gasteiger partial charge in [-0.3, -0.25) is 14.9 Å². The van der Waals surface area contributed by atoms with Crippen LogP contribution < -0.4 is 5.48 Å². The van der Waals surface area contributed by atoms with Crippen molar-refractivity contribution in [3.63, 3.8) is 0 Å². The van der Waals surface area contributed by atoms with Crippen molar-refractivity contribution in [2.45, 2.75) is 19.9 Å². The van der Waals surface area contributed by atoms with E-state index in [0.717, 1.165) is 51.3 Å². The van der Waals surface area contributed by atoms with Crippen LogP contribution in [0.5, 0.6) is 0 Å². The van der Waals surface area contributed by atoms with Crippen molar-refractivity contribution >= 4 is 16.8 Å². The van der Waals surface area contributed by atoms with E-state index in [1.807, 2.05) is 12.1 Å². The van der Waals surface area contributed by atoms with Crippen molar-refractivity contribution in [1.82, 2.24) is 19.8 Å². The summed E-state index contributed by atoms with van der Waals surface area (Å²) >= 11 is 0. The molecule has 2 N–H and O–H groups in total. The molecule has 0 bridgehead atoms. The van der Waals surface area contributed by atoms with Crippen LogP contribution in [0.4, 0.5) is 0 Å². The molecular formula is C24H30N4O2. The SMILES string of the molecule is Cc1c(Cc2ccc(C(=O)NO)cc2)c2ccccc2n1CCN1CCN(C)CC1. The number of nitrogens with one attached hydrogen (secondary N) is 1. The monoisotopic (exact) mass is 406 g/mol. The molecular weight excluding hydrogens is 376 g/mol. The van der Waals surface area contributed by atoms with Crippen LogP contribution in [-0.2, 0) is 13.0 Å². The highest BCUT2D eigenvalue weighted by Crippen LogP contribution is 2.28. The lowest BCUT2D eigenvalue weighted by Gasteiger charge is -2.32. The third kappa shape index (κ3) is 4.26. The molecule has 0 atom stereocenters. The van der Waals surface area contributed by atoms with Crippen molar-refractivity contribution in [1.29, 1.82) is 0 Å². The third-order valence-corrected chi connectivity index (χ3v) is 6.30. The Balaban J connectivity index is 1.56. The van der Waals surface area contributed by atoms with Gasteiger partial charge in [-0.1, -0.05) is 30.3 Å². The van der Waals surface area contributed by atoms with Crippen molar-refractivity contribution in [3.8, 4) is 0 Å². The number of para-hydroxylation sites is 1. The maximum atomic E-state index is 11.6. The predicted octanol–water partition coefficient (Wildman–Crippen LogP) is 2.91. The standard InChI is InChI=1S/C24H30N4O2/c1-18-22(17-19-7-9-20(10-8-19)24(29)25-30)21-5-3-4-6-23(21)28(18)16-15-27-13-11-26(2)12-14-27/h3-10,30H,11-17H2,1-2H3,(H,25,29). The highest BCUT2D eigenvalue weighted by molar-refractivity contribution is 5.93. The Hall–Kier alpha value is -2.67. The number of fused-ring (bicyclic) bond motifs is 1. The second-order valence-corrected chi connectivity index (χ2v) is 8.19. The highest BCUT2D eigenvalue weighted by atomic mass is 16.5. The maximum Gasteiger partial charge on any atom is 0.274 e. The van der Waals surface area contributed by atoms with Gasteiger partial charge in [-0.2, -0.15) is 0 Å². The van der Waals surface area contributed by atoms with Crippen LogP contribution in [0.15, 0.2) is 48.5 Å². The molecule has 1 aliphatic rings. The van der Waals surface area contributed by atoms with Crippen LogP contribution in [0.1, 0.15) is 27.2 Å². The zero-order valence-electron chi connectivity index (χ0n) is 17.8. The minimum Gasteiger partial charge on any atom is -0.343 e. The molecule has 1 fully saturated rings. The molecule has 1 amide bonds. The minimum atomic E-state index is -0.488. The van der Waals surface area contributed by atoms with Crippen LogP contribution in [0.3, 0.4) is 0 Å². The van der Waals surface area contributed by atoms with Crippen LogP contribution in [0.25, 0.3) is 10.9 Å². The van der Waals surface area contributed by atoms with Crippen molar-refractivity contribution in [3.05, 3.63) is 70.9 Å². The molecule has 158 valence electrons. The Bertz CT molecular complexity index is 1020. The Morgan fingerprint density at radius 2 is 1.70 bits per heavy atom. The molecule has 6 heteroatoms. The van der Waals surface area contributed by atoms with Gasteiger partial charge in [-0.15, -0.1) is 0 Å². The Morgan fingerprint density at radius 3 is 2.40 bits per heavy atom. The summed E-state index contributed by atoms with van der Waals surface area (Å²) in [6.07, 6.45) is 0.814. The fourth-order valence-corrected chi connectivity index (χ4v) is 4.37. The second-order valence-electron chi connectivity index (χ2n) is 8.19. The molecule has 2 heterocycles. The molecule has 0 spiro atoms. The summed E-state index contributed by atoms with van der Waals surface area (Å²) in [6, 6.07) is 16.1. The van der Waals surface area contributed by atoms with Crippen LogP contribution in [0.2, 0.25) is 0 Å². The van der Waals surface area contributed by atoms with E-state index < -0.39 is 5.91 Å². The first-order valence-corrected chi connectivity index (χ1v) is 10.6. The first-order chi connectivity index (χ1) is 14.6. The quantitative estimate of drug-likeness (QED) is 0.488. The smallest absolute Gasteiger partial charge is 0.274 e. The molecule has 0 unspecified atom stereocenters. The van der Waals surface area contributed by atoms with E-state index in [0.29, 0.717) is 5.56 Å². The summed E-state index contributed by atoms with van der Waals surface area (Å²) in [4.78, 5) is 16.5. The van der Waals surface area contributed by atoms with Gasteiger partial charge in [0.15, 0.2) is 0 Å². The lowest BCUT2D eigenvalue weighted by molar-refractivity contribution is 0.0706. The Labute approximate surface area is 177 Å². The van der Waals surface area contributed by atoms with Gasteiger partial charge in [0.05, 0.1) is 0 Å². The fraction of sp³-hybridized carbons (Fsp3) is 0.375. The number of hydrogen-bond donors (Lipinski definition) is 2. The number of nitrogens with zero attached hydrogens (tertiary/aromatic N) is 3. The zero-order chi connectivity index (χ0) is 21.1. The van der Waals surface area contributed by atoms with Crippen LogP contribution in [-0.4, -0.2) is 65.3 Å². The fourth-order valence-electron chi connectivity index (χ4n) is 4.37. The van der Waals surface area contributed by atoms with Gasteiger partial charge in [0, 0.05) is 61.4 Å². The van der Waals surface area contributed by atoms with Gasteiger partial charge in [-0.05, 0) is 49.7 Å². The molecule has 0 saturated carbocycles.